The summed E-state index contributed by atoms with van der Waals surface area (Å²) in [5.41, 5.74) is 4.39. The standard InChI is InChI=1S/C46H45N5O11S/c1-21-12-26-13-28-29(16-47)51-30-18-58-45(55)46(27-15-31(56-5)32(14-24(27)9-11-49-46)62-44(54)25-8-7-10-48-17-25)19-63-43(37(51)36(50(28)4)33(26)38(53)39(21)57-6)35-34(30)42-41(59-20-60-42)22(2)40(35)61-23(3)52/h7-8,10,12,14-15,17,28-30,36-37,43,49,53H,9,11,13,18-20H2,1-6H3/t28-,29-,30-,36+,37+,43+,46+/m0/s1. The van der Waals surface area contributed by atoms with Crippen LogP contribution in [0.4, 0.5) is 0 Å². The van der Waals surface area contributed by atoms with E-state index >= 15 is 4.79 Å². The van der Waals surface area contributed by atoms with Gasteiger partial charge in [-0.05, 0) is 80.3 Å². The van der Waals surface area contributed by atoms with Crippen molar-refractivity contribution in [2.75, 3.05) is 47.0 Å². The molecule has 3 aromatic carbocycles. The number of hydrogen-bond acceptors (Lipinski definition) is 17. The van der Waals surface area contributed by atoms with Crippen LogP contribution in [0.1, 0.15) is 79.1 Å². The summed E-state index contributed by atoms with van der Waals surface area (Å²) in [6.07, 6.45) is 3.95. The number of likely N-dealkylation sites (N-methyl/N-ethyl adjacent to an activating group) is 1. The van der Waals surface area contributed by atoms with Crippen molar-refractivity contribution in [3.63, 3.8) is 0 Å². The van der Waals surface area contributed by atoms with E-state index in [4.69, 9.17) is 33.2 Å². The second-order valence-electron chi connectivity index (χ2n) is 16.7. The molecular formula is C46H45N5O11S. The monoisotopic (exact) mass is 875 g/mol. The molecule has 0 amide bonds. The van der Waals surface area contributed by atoms with Crippen LogP contribution in [0.25, 0.3) is 0 Å². The van der Waals surface area contributed by atoms with E-state index in [0.717, 1.165) is 16.7 Å². The minimum absolute atomic E-state index is 0.0244. The van der Waals surface area contributed by atoms with Crippen molar-refractivity contribution >= 4 is 29.7 Å². The Balaban J connectivity index is 1.18. The number of methoxy groups -OCH3 is 2. The molecule has 0 aliphatic carbocycles. The molecule has 4 bridgehead atoms. The molecule has 0 unspecified atom stereocenters. The Bertz CT molecular complexity index is 2660. The van der Waals surface area contributed by atoms with Crippen LogP contribution in [0.3, 0.4) is 0 Å². The molecule has 8 heterocycles. The third-order valence-corrected chi connectivity index (χ3v) is 15.0. The molecule has 2 N–H and O–H groups in total. The number of nitrogens with zero attached hydrogens (tertiary/aromatic N) is 4. The quantitative estimate of drug-likeness (QED) is 0.203. The zero-order valence-corrected chi connectivity index (χ0v) is 36.3. The zero-order chi connectivity index (χ0) is 44.1. The zero-order valence-electron chi connectivity index (χ0n) is 35.5. The Morgan fingerprint density at radius 2 is 1.84 bits per heavy atom. The second kappa shape index (κ2) is 15.3. The van der Waals surface area contributed by atoms with Crippen LogP contribution in [0.2, 0.25) is 0 Å². The van der Waals surface area contributed by atoms with Crippen LogP contribution in [-0.2, 0) is 32.7 Å². The summed E-state index contributed by atoms with van der Waals surface area (Å²) in [6, 6.07) is 8.46. The largest absolute Gasteiger partial charge is 0.504 e. The van der Waals surface area contributed by atoms with E-state index in [-0.39, 0.29) is 48.0 Å². The van der Waals surface area contributed by atoms with Gasteiger partial charge in [-0.2, -0.15) is 5.26 Å². The van der Waals surface area contributed by atoms with E-state index in [0.29, 0.717) is 70.2 Å². The van der Waals surface area contributed by atoms with E-state index in [2.05, 4.69) is 26.2 Å². The number of benzene rings is 3. The van der Waals surface area contributed by atoms with Gasteiger partial charge in [0.25, 0.3) is 0 Å². The summed E-state index contributed by atoms with van der Waals surface area (Å²) in [6.45, 7) is 5.14. The highest BCUT2D eigenvalue weighted by molar-refractivity contribution is 7.99. The number of phenols is 1. The lowest BCUT2D eigenvalue weighted by molar-refractivity contribution is -0.157. The van der Waals surface area contributed by atoms with E-state index in [1.165, 1.54) is 39.1 Å². The lowest BCUT2D eigenvalue weighted by atomic mass is 9.71. The summed E-state index contributed by atoms with van der Waals surface area (Å²) >= 11 is 1.46. The highest BCUT2D eigenvalue weighted by Crippen LogP contribution is 2.64. The Hall–Kier alpha value is -6.06. The number of nitriles is 1. The number of phenolic OH excluding ortho intramolecular Hbond substituents is 1. The Morgan fingerprint density at radius 3 is 2.57 bits per heavy atom. The average Bonchev–Trinajstić information content (AvgIpc) is 3.77. The number of aromatic hydroxyl groups is 1. The van der Waals surface area contributed by atoms with Gasteiger partial charge in [0.15, 0.2) is 40.0 Å². The molecule has 326 valence electrons. The number of esters is 3. The molecule has 17 heteroatoms. The van der Waals surface area contributed by atoms with Crippen molar-refractivity contribution in [3.05, 3.63) is 92.8 Å². The molecule has 63 heavy (non-hydrogen) atoms. The first kappa shape index (κ1) is 41.0. The van der Waals surface area contributed by atoms with E-state index < -0.39 is 52.9 Å². The van der Waals surface area contributed by atoms with Crippen LogP contribution >= 0.6 is 11.8 Å². The third-order valence-electron chi connectivity index (χ3n) is 13.5. The fourth-order valence-corrected chi connectivity index (χ4v) is 12.6. The van der Waals surface area contributed by atoms with Crippen molar-refractivity contribution < 1.29 is 52.6 Å². The molecule has 1 spiro atoms. The Kier molecular flexibility index (Phi) is 9.97. The first-order valence-corrected chi connectivity index (χ1v) is 21.8. The first-order chi connectivity index (χ1) is 30.4. The van der Waals surface area contributed by atoms with Crippen molar-refractivity contribution in [3.8, 4) is 46.3 Å². The van der Waals surface area contributed by atoms with Crippen LogP contribution in [-0.4, -0.2) is 103 Å². The van der Waals surface area contributed by atoms with Gasteiger partial charge in [-0.1, -0.05) is 6.07 Å². The summed E-state index contributed by atoms with van der Waals surface area (Å²) in [5, 5.41) is 26.3. The van der Waals surface area contributed by atoms with Crippen LogP contribution in [0.15, 0.2) is 42.7 Å². The van der Waals surface area contributed by atoms with Gasteiger partial charge in [-0.15, -0.1) is 11.8 Å². The number of rotatable bonds is 5. The number of fused-ring (bicyclic) bond motifs is 9. The molecule has 2 saturated heterocycles. The molecule has 16 nitrogen and oxygen atoms in total. The molecule has 2 fully saturated rings. The Labute approximate surface area is 367 Å². The predicted octanol–water partition coefficient (Wildman–Crippen LogP) is 4.90. The molecule has 7 aliphatic rings. The molecule has 7 atom stereocenters. The smallest absolute Gasteiger partial charge is 0.345 e. The van der Waals surface area contributed by atoms with Gasteiger partial charge in [-0.3, -0.25) is 24.9 Å². The molecule has 0 radical (unpaired) electrons. The summed E-state index contributed by atoms with van der Waals surface area (Å²) in [5.74, 6) is 0.372. The minimum atomic E-state index is -1.45. The number of carbonyl (C=O) groups is 3. The van der Waals surface area contributed by atoms with Gasteiger partial charge >= 0.3 is 17.9 Å². The Morgan fingerprint density at radius 1 is 1.03 bits per heavy atom. The van der Waals surface area contributed by atoms with Crippen molar-refractivity contribution in [1.29, 1.82) is 5.26 Å². The van der Waals surface area contributed by atoms with Gasteiger partial charge in [0.2, 0.25) is 6.79 Å². The second-order valence-corrected chi connectivity index (χ2v) is 17.8. The van der Waals surface area contributed by atoms with Gasteiger partial charge in [0.05, 0.1) is 43.2 Å². The van der Waals surface area contributed by atoms with Crippen LogP contribution < -0.4 is 33.7 Å². The van der Waals surface area contributed by atoms with E-state index in [9.17, 15) is 20.0 Å². The van der Waals surface area contributed by atoms with Crippen molar-refractivity contribution in [2.24, 2.45) is 0 Å². The third kappa shape index (κ3) is 6.06. The summed E-state index contributed by atoms with van der Waals surface area (Å²) in [7, 11) is 4.97. The molecule has 0 saturated carbocycles. The van der Waals surface area contributed by atoms with Crippen molar-refractivity contribution in [2.45, 2.75) is 74.6 Å². The average molecular weight is 876 g/mol. The molecule has 4 aromatic rings. The predicted molar refractivity (Wildman–Crippen MR) is 226 cm³/mol. The van der Waals surface area contributed by atoms with E-state index in [1.807, 2.05) is 27.0 Å². The number of aryl methyl sites for hydroxylation is 1. The van der Waals surface area contributed by atoms with Gasteiger partial charge in [0, 0.05) is 66.0 Å². The maximum absolute atomic E-state index is 15.1. The van der Waals surface area contributed by atoms with Crippen LogP contribution in [0, 0.1) is 25.2 Å². The number of ether oxygens (including phenoxy) is 7. The fraction of sp³-hybridized carbons (Fsp3) is 0.413. The molecule has 11 rings (SSSR count). The number of nitrogens with one attached hydrogen (secondary N) is 1. The number of pyridine rings is 1. The summed E-state index contributed by atoms with van der Waals surface area (Å²) in [4.78, 5) is 49.7. The first-order valence-electron chi connectivity index (χ1n) is 20.7. The fourth-order valence-electron chi connectivity index (χ4n) is 10.9. The van der Waals surface area contributed by atoms with E-state index in [1.54, 1.807) is 30.5 Å². The molecule has 7 aliphatic heterocycles. The van der Waals surface area contributed by atoms with Crippen LogP contribution in [0.5, 0.6) is 40.2 Å². The summed E-state index contributed by atoms with van der Waals surface area (Å²) < 4.78 is 42.5. The van der Waals surface area contributed by atoms with Gasteiger partial charge in [0.1, 0.15) is 18.4 Å². The lowest BCUT2D eigenvalue weighted by Crippen LogP contribution is -2.69. The minimum Gasteiger partial charge on any atom is -0.504 e. The maximum Gasteiger partial charge on any atom is 0.345 e. The molecular weight excluding hydrogens is 831 g/mol. The number of carbonyl (C=O) groups excluding carboxylic acids is 3. The highest BCUT2D eigenvalue weighted by atomic mass is 32.2. The van der Waals surface area contributed by atoms with Gasteiger partial charge in [-0.25, -0.2) is 9.59 Å². The maximum atomic E-state index is 15.1. The lowest BCUT2D eigenvalue weighted by Gasteiger charge is -2.62. The van der Waals surface area contributed by atoms with Crippen molar-refractivity contribution in [1.82, 2.24) is 20.1 Å². The van der Waals surface area contributed by atoms with Gasteiger partial charge < -0.3 is 38.3 Å². The normalized spacial score (nSPS) is 26.6. The molecule has 1 aromatic heterocycles. The topological polar surface area (TPSA) is 191 Å². The number of hydrogen-bond donors (Lipinski definition) is 2. The highest BCUT2D eigenvalue weighted by Gasteiger charge is 2.62. The SMILES string of the molecule is COc1cc2c(cc1OC(=O)c1cccnc1)CCN[C@]21CS[C@@H]2c3c(OC(C)=O)c(C)c4c(c3[C@H](COC1=O)N1[C@@H]2[C@H]2c3c(cc(C)c(OC)c3O)C[C@@H]([C@@H]1C#N)N2C)OCO4. The number of aromatic nitrogens is 1. The number of thioether (sulfide) groups is 1. The number of piperazine rings is 1.